The van der Waals surface area contributed by atoms with Crippen LogP contribution in [-0.4, -0.2) is 6.54 Å². The summed E-state index contributed by atoms with van der Waals surface area (Å²) in [5, 5.41) is 12.3. The van der Waals surface area contributed by atoms with E-state index >= 15 is 0 Å². The van der Waals surface area contributed by atoms with Crippen molar-refractivity contribution in [1.82, 2.24) is 5.32 Å². The number of benzene rings is 2. The van der Waals surface area contributed by atoms with Gasteiger partial charge in [0.25, 0.3) is 0 Å². The first-order valence-electron chi connectivity index (χ1n) is 6.55. The summed E-state index contributed by atoms with van der Waals surface area (Å²) in [6, 6.07) is 16.5. The van der Waals surface area contributed by atoms with Crippen molar-refractivity contribution in [1.29, 1.82) is 5.26 Å². The third-order valence-electron chi connectivity index (χ3n) is 3.18. The Balaban J connectivity index is 2.40. The molecule has 1 N–H and O–H groups in total. The van der Waals surface area contributed by atoms with Gasteiger partial charge in [-0.2, -0.15) is 5.26 Å². The van der Waals surface area contributed by atoms with Gasteiger partial charge in [0.1, 0.15) is 0 Å². The molecule has 0 spiro atoms. The number of hydrogen-bond donors (Lipinski definition) is 1. The summed E-state index contributed by atoms with van der Waals surface area (Å²) in [5.41, 5.74) is 5.51. The van der Waals surface area contributed by atoms with Crippen molar-refractivity contribution in [2.75, 3.05) is 6.54 Å². The van der Waals surface area contributed by atoms with E-state index < -0.39 is 0 Å². The molecule has 2 aromatic rings. The molecule has 0 heterocycles. The second kappa shape index (κ2) is 6.17. The van der Waals surface area contributed by atoms with Crippen molar-refractivity contribution in [3.63, 3.8) is 0 Å². The normalized spacial score (nSPS) is 10.2. The van der Waals surface area contributed by atoms with Gasteiger partial charge in [-0.05, 0) is 53.9 Å². The van der Waals surface area contributed by atoms with Gasteiger partial charge in [0.15, 0.2) is 0 Å². The van der Waals surface area contributed by atoms with Crippen LogP contribution in [0.2, 0.25) is 0 Å². The molecule has 96 valence electrons. The van der Waals surface area contributed by atoms with Gasteiger partial charge in [-0.3, -0.25) is 0 Å². The molecule has 0 aliphatic rings. The fourth-order valence-electron chi connectivity index (χ4n) is 2.12. The molecule has 0 atom stereocenters. The van der Waals surface area contributed by atoms with Gasteiger partial charge in [-0.15, -0.1) is 0 Å². The minimum absolute atomic E-state index is 0.703. The fourth-order valence-corrected chi connectivity index (χ4v) is 2.12. The monoisotopic (exact) mass is 250 g/mol. The zero-order valence-corrected chi connectivity index (χ0v) is 11.4. The SMILES string of the molecule is CCNCc1ccc(C)c(-c2cccc(C#N)c2)c1. The molecule has 0 aliphatic carbocycles. The van der Waals surface area contributed by atoms with Crippen LogP contribution in [-0.2, 0) is 6.54 Å². The predicted molar refractivity (Wildman–Crippen MR) is 78.7 cm³/mol. The molecule has 0 saturated heterocycles. The first-order valence-corrected chi connectivity index (χ1v) is 6.55. The summed E-state index contributed by atoms with van der Waals surface area (Å²) in [6.45, 7) is 6.05. The summed E-state index contributed by atoms with van der Waals surface area (Å²) >= 11 is 0. The van der Waals surface area contributed by atoms with E-state index in [0.29, 0.717) is 5.56 Å². The number of nitrogens with one attached hydrogen (secondary N) is 1. The number of hydrogen-bond acceptors (Lipinski definition) is 2. The zero-order chi connectivity index (χ0) is 13.7. The molecule has 0 fully saturated rings. The Kier molecular flexibility index (Phi) is 4.33. The van der Waals surface area contributed by atoms with Gasteiger partial charge >= 0.3 is 0 Å². The van der Waals surface area contributed by atoms with E-state index in [2.05, 4.69) is 49.5 Å². The van der Waals surface area contributed by atoms with Gasteiger partial charge in [-0.25, -0.2) is 0 Å². The minimum atomic E-state index is 0.703. The summed E-state index contributed by atoms with van der Waals surface area (Å²) in [4.78, 5) is 0. The average molecular weight is 250 g/mol. The van der Waals surface area contributed by atoms with Crippen molar-refractivity contribution < 1.29 is 0 Å². The molecule has 2 aromatic carbocycles. The van der Waals surface area contributed by atoms with Crippen LogP contribution >= 0.6 is 0 Å². The third-order valence-corrected chi connectivity index (χ3v) is 3.18. The van der Waals surface area contributed by atoms with Gasteiger partial charge in [0, 0.05) is 6.54 Å². The van der Waals surface area contributed by atoms with Crippen molar-refractivity contribution >= 4 is 0 Å². The summed E-state index contributed by atoms with van der Waals surface area (Å²) in [6.07, 6.45) is 0. The van der Waals surface area contributed by atoms with Crippen LogP contribution < -0.4 is 5.32 Å². The Hall–Kier alpha value is -2.11. The molecule has 0 radical (unpaired) electrons. The smallest absolute Gasteiger partial charge is 0.0991 e. The van der Waals surface area contributed by atoms with E-state index in [1.807, 2.05) is 18.2 Å². The Bertz CT molecular complexity index is 609. The highest BCUT2D eigenvalue weighted by atomic mass is 14.8. The van der Waals surface area contributed by atoms with Gasteiger partial charge in [0.2, 0.25) is 0 Å². The van der Waals surface area contributed by atoms with Crippen LogP contribution in [0, 0.1) is 18.3 Å². The van der Waals surface area contributed by atoms with E-state index in [4.69, 9.17) is 5.26 Å². The fraction of sp³-hybridized carbons (Fsp3) is 0.235. The lowest BCUT2D eigenvalue weighted by Crippen LogP contribution is -2.11. The van der Waals surface area contributed by atoms with Crippen molar-refractivity contribution in [3.05, 3.63) is 59.2 Å². The van der Waals surface area contributed by atoms with Crippen LogP contribution in [0.4, 0.5) is 0 Å². The Morgan fingerprint density at radius 1 is 1.16 bits per heavy atom. The maximum Gasteiger partial charge on any atom is 0.0991 e. The van der Waals surface area contributed by atoms with E-state index in [0.717, 1.165) is 18.7 Å². The average Bonchev–Trinajstić information content (AvgIpc) is 2.46. The Morgan fingerprint density at radius 2 is 2.00 bits per heavy atom. The molecule has 0 unspecified atom stereocenters. The van der Waals surface area contributed by atoms with E-state index in [-0.39, 0.29) is 0 Å². The first kappa shape index (κ1) is 13.3. The van der Waals surface area contributed by atoms with Crippen molar-refractivity contribution in [3.8, 4) is 17.2 Å². The van der Waals surface area contributed by atoms with Crippen LogP contribution in [0.1, 0.15) is 23.6 Å². The highest BCUT2D eigenvalue weighted by Gasteiger charge is 2.04. The minimum Gasteiger partial charge on any atom is -0.313 e. The predicted octanol–water partition coefficient (Wildman–Crippen LogP) is 3.64. The number of nitriles is 1. The quantitative estimate of drug-likeness (QED) is 0.899. The standard InChI is InChI=1S/C17H18N2/c1-3-19-12-15-8-7-13(2)17(10-15)16-6-4-5-14(9-16)11-18/h4-10,19H,3,12H2,1-2H3. The molecule has 0 aliphatic heterocycles. The zero-order valence-electron chi connectivity index (χ0n) is 11.4. The van der Waals surface area contributed by atoms with Gasteiger partial charge in [-0.1, -0.05) is 31.2 Å². The van der Waals surface area contributed by atoms with Crippen molar-refractivity contribution in [2.24, 2.45) is 0 Å². The van der Waals surface area contributed by atoms with Crippen LogP contribution in [0.5, 0.6) is 0 Å². The van der Waals surface area contributed by atoms with E-state index in [1.54, 1.807) is 0 Å². The molecule has 0 amide bonds. The van der Waals surface area contributed by atoms with E-state index in [1.165, 1.54) is 16.7 Å². The maximum atomic E-state index is 8.99. The van der Waals surface area contributed by atoms with Crippen molar-refractivity contribution in [2.45, 2.75) is 20.4 Å². The number of nitrogens with zero attached hydrogens (tertiary/aromatic N) is 1. The maximum absolute atomic E-state index is 8.99. The summed E-state index contributed by atoms with van der Waals surface area (Å²) in [7, 11) is 0. The highest BCUT2D eigenvalue weighted by molar-refractivity contribution is 5.69. The molecule has 0 bridgehead atoms. The van der Waals surface area contributed by atoms with Crippen LogP contribution in [0.25, 0.3) is 11.1 Å². The van der Waals surface area contributed by atoms with Gasteiger partial charge in [0.05, 0.1) is 11.6 Å². The molecule has 2 rings (SSSR count). The third kappa shape index (κ3) is 3.21. The molecular weight excluding hydrogens is 232 g/mol. The van der Waals surface area contributed by atoms with Crippen LogP contribution in [0.3, 0.4) is 0 Å². The second-order valence-electron chi connectivity index (χ2n) is 4.62. The summed E-state index contributed by atoms with van der Waals surface area (Å²) < 4.78 is 0. The Labute approximate surface area is 114 Å². The lowest BCUT2D eigenvalue weighted by Gasteiger charge is -2.10. The molecule has 0 aromatic heterocycles. The Morgan fingerprint density at radius 3 is 2.74 bits per heavy atom. The number of rotatable bonds is 4. The second-order valence-corrected chi connectivity index (χ2v) is 4.62. The molecule has 19 heavy (non-hydrogen) atoms. The highest BCUT2D eigenvalue weighted by Crippen LogP contribution is 2.25. The molecule has 2 nitrogen and oxygen atoms in total. The lowest BCUT2D eigenvalue weighted by atomic mass is 9.97. The topological polar surface area (TPSA) is 35.8 Å². The molecule has 0 saturated carbocycles. The van der Waals surface area contributed by atoms with Gasteiger partial charge < -0.3 is 5.32 Å². The largest absolute Gasteiger partial charge is 0.313 e. The molecule has 2 heteroatoms. The van der Waals surface area contributed by atoms with Crippen LogP contribution in [0.15, 0.2) is 42.5 Å². The first-order chi connectivity index (χ1) is 9.24. The number of aryl methyl sites for hydroxylation is 1. The summed E-state index contributed by atoms with van der Waals surface area (Å²) in [5.74, 6) is 0. The lowest BCUT2D eigenvalue weighted by molar-refractivity contribution is 0.727. The molecular formula is C17H18N2. The van der Waals surface area contributed by atoms with E-state index in [9.17, 15) is 0 Å².